The molecule has 0 bridgehead atoms. The number of alkyl halides is 6. The summed E-state index contributed by atoms with van der Waals surface area (Å²) in [5, 5.41) is 14.7. The van der Waals surface area contributed by atoms with Gasteiger partial charge in [0.15, 0.2) is 0 Å². The molecule has 0 spiro atoms. The first kappa shape index (κ1) is 37.7. The molecule has 3 N–H and O–H groups in total. The molecule has 0 aromatic heterocycles. The standard InChI is InChI=1S/C38H36F6N2O4/c1-19-11-13-27(21(3)20(19)2)32(37(39,40)41)28-15-16-31(23(5)22(28)4)46-34(48)30-18-26(12-14-29(30)35(49)50)36(6,38(42,43)44)25-10-8-9-24(17-25)33(47)45-7/h8-18,32H,1-7H3,(H,45,47)(H,46,48)(H,49,50). The van der Waals surface area contributed by atoms with E-state index >= 15 is 0 Å². The van der Waals surface area contributed by atoms with Crippen molar-refractivity contribution in [3.63, 3.8) is 0 Å². The highest BCUT2D eigenvalue weighted by Crippen LogP contribution is 2.47. The van der Waals surface area contributed by atoms with Crippen LogP contribution in [0.15, 0.2) is 66.7 Å². The summed E-state index contributed by atoms with van der Waals surface area (Å²) in [5.74, 6) is -5.28. The fraction of sp³-hybridized carbons (Fsp3) is 0.289. The predicted molar refractivity (Wildman–Crippen MR) is 178 cm³/mol. The van der Waals surface area contributed by atoms with Gasteiger partial charge in [0.25, 0.3) is 11.8 Å². The molecule has 0 aliphatic rings. The summed E-state index contributed by atoms with van der Waals surface area (Å²) in [6.45, 7) is 9.00. The van der Waals surface area contributed by atoms with Crippen molar-refractivity contribution in [1.29, 1.82) is 0 Å². The fourth-order valence-corrected chi connectivity index (χ4v) is 6.13. The zero-order valence-electron chi connectivity index (χ0n) is 28.4. The number of halogens is 6. The van der Waals surface area contributed by atoms with Gasteiger partial charge in [-0.05, 0) is 122 Å². The van der Waals surface area contributed by atoms with Crippen molar-refractivity contribution in [2.75, 3.05) is 12.4 Å². The maximum absolute atomic E-state index is 14.9. The number of rotatable bonds is 8. The number of carboxylic acid groups (broad SMARTS) is 1. The zero-order chi connectivity index (χ0) is 37.5. The third-order valence-corrected chi connectivity index (χ3v) is 9.69. The molecule has 2 atom stereocenters. The summed E-state index contributed by atoms with van der Waals surface area (Å²) in [4.78, 5) is 38.0. The van der Waals surface area contributed by atoms with Gasteiger partial charge in [-0.25, -0.2) is 4.79 Å². The van der Waals surface area contributed by atoms with Gasteiger partial charge in [0.05, 0.1) is 11.1 Å². The first-order valence-corrected chi connectivity index (χ1v) is 15.5. The van der Waals surface area contributed by atoms with E-state index in [9.17, 15) is 45.8 Å². The molecule has 4 rings (SSSR count). The molecule has 0 radical (unpaired) electrons. The Labute approximate surface area is 285 Å². The molecule has 264 valence electrons. The summed E-state index contributed by atoms with van der Waals surface area (Å²) >= 11 is 0. The quantitative estimate of drug-likeness (QED) is 0.160. The van der Waals surface area contributed by atoms with Crippen LogP contribution in [0.4, 0.5) is 32.0 Å². The minimum absolute atomic E-state index is 0.0460. The lowest BCUT2D eigenvalue weighted by Gasteiger charge is -2.34. The van der Waals surface area contributed by atoms with Gasteiger partial charge in [-0.2, -0.15) is 26.3 Å². The average molecular weight is 699 g/mol. The Morgan fingerprint density at radius 2 is 1.26 bits per heavy atom. The third-order valence-electron chi connectivity index (χ3n) is 9.69. The molecule has 0 saturated carbocycles. The molecule has 2 unspecified atom stereocenters. The van der Waals surface area contributed by atoms with Crippen LogP contribution in [0.25, 0.3) is 0 Å². The lowest BCUT2D eigenvalue weighted by molar-refractivity contribution is -0.173. The summed E-state index contributed by atoms with van der Waals surface area (Å²) in [7, 11) is 1.32. The number of aromatic carboxylic acids is 1. The number of nitrogens with one attached hydrogen (secondary N) is 2. The minimum atomic E-state index is -4.97. The first-order chi connectivity index (χ1) is 23.1. The van der Waals surface area contributed by atoms with Crippen LogP contribution in [0, 0.1) is 34.6 Å². The van der Waals surface area contributed by atoms with Gasteiger partial charge in [0, 0.05) is 18.3 Å². The second-order valence-electron chi connectivity index (χ2n) is 12.5. The first-order valence-electron chi connectivity index (χ1n) is 15.5. The number of anilines is 1. The van der Waals surface area contributed by atoms with Crippen LogP contribution in [-0.2, 0) is 5.41 Å². The van der Waals surface area contributed by atoms with Crippen molar-refractivity contribution < 1.29 is 45.8 Å². The van der Waals surface area contributed by atoms with Crippen LogP contribution in [-0.4, -0.2) is 42.3 Å². The highest BCUT2D eigenvalue weighted by atomic mass is 19.4. The lowest BCUT2D eigenvalue weighted by atomic mass is 9.74. The third kappa shape index (κ3) is 6.83. The Kier molecular flexibility index (Phi) is 10.3. The van der Waals surface area contributed by atoms with E-state index in [1.165, 1.54) is 57.3 Å². The summed E-state index contributed by atoms with van der Waals surface area (Å²) in [5.41, 5.74) is -2.23. The Morgan fingerprint density at radius 3 is 1.82 bits per heavy atom. The Morgan fingerprint density at radius 1 is 0.680 bits per heavy atom. The molecule has 0 saturated heterocycles. The maximum atomic E-state index is 14.9. The van der Waals surface area contributed by atoms with Crippen LogP contribution >= 0.6 is 0 Å². The molecule has 50 heavy (non-hydrogen) atoms. The summed E-state index contributed by atoms with van der Waals surface area (Å²) < 4.78 is 88.7. The van der Waals surface area contributed by atoms with Crippen molar-refractivity contribution in [3.05, 3.63) is 133 Å². The largest absolute Gasteiger partial charge is 0.478 e. The molecule has 6 nitrogen and oxygen atoms in total. The van der Waals surface area contributed by atoms with E-state index in [1.54, 1.807) is 19.9 Å². The molecule has 12 heteroatoms. The monoisotopic (exact) mass is 698 g/mol. The van der Waals surface area contributed by atoms with E-state index in [0.29, 0.717) is 5.56 Å². The number of amides is 2. The number of hydrogen-bond acceptors (Lipinski definition) is 3. The Balaban J connectivity index is 1.82. The molecule has 0 fully saturated rings. The van der Waals surface area contributed by atoms with Crippen LogP contribution in [0.1, 0.15) is 94.0 Å². The van der Waals surface area contributed by atoms with Gasteiger partial charge in [-0.1, -0.05) is 36.4 Å². The van der Waals surface area contributed by atoms with Crippen LogP contribution in [0.5, 0.6) is 0 Å². The number of aryl methyl sites for hydroxylation is 1. The smallest absolute Gasteiger partial charge is 0.402 e. The number of carbonyl (C=O) groups is 3. The Hall–Kier alpha value is -5.13. The van der Waals surface area contributed by atoms with Crippen LogP contribution in [0.2, 0.25) is 0 Å². The molecule has 0 aliphatic heterocycles. The van der Waals surface area contributed by atoms with Crippen LogP contribution in [0.3, 0.4) is 0 Å². The normalized spacial score (nSPS) is 13.7. The fourth-order valence-electron chi connectivity index (χ4n) is 6.13. The molecule has 0 heterocycles. The average Bonchev–Trinajstić information content (AvgIpc) is 3.05. The second-order valence-corrected chi connectivity index (χ2v) is 12.5. The Bertz CT molecular complexity index is 2000. The summed E-state index contributed by atoms with van der Waals surface area (Å²) in [6, 6.07) is 13.1. The predicted octanol–water partition coefficient (Wildman–Crippen LogP) is 9.10. The van der Waals surface area contributed by atoms with Gasteiger partial charge in [0.1, 0.15) is 11.3 Å². The van der Waals surface area contributed by atoms with E-state index in [0.717, 1.165) is 42.3 Å². The molecule has 2 amide bonds. The molecule has 0 aliphatic carbocycles. The van der Waals surface area contributed by atoms with Crippen molar-refractivity contribution in [3.8, 4) is 0 Å². The van der Waals surface area contributed by atoms with Crippen molar-refractivity contribution >= 4 is 23.5 Å². The topological polar surface area (TPSA) is 95.5 Å². The molecule has 4 aromatic rings. The van der Waals surface area contributed by atoms with Crippen molar-refractivity contribution in [1.82, 2.24) is 5.32 Å². The van der Waals surface area contributed by atoms with Crippen molar-refractivity contribution in [2.24, 2.45) is 0 Å². The molecule has 4 aromatic carbocycles. The van der Waals surface area contributed by atoms with E-state index in [1.807, 2.05) is 6.92 Å². The van der Waals surface area contributed by atoms with E-state index in [-0.39, 0.29) is 39.1 Å². The number of carboxylic acids is 1. The highest BCUT2D eigenvalue weighted by Gasteiger charge is 2.54. The lowest BCUT2D eigenvalue weighted by Crippen LogP contribution is -2.41. The van der Waals surface area contributed by atoms with E-state index in [2.05, 4.69) is 10.6 Å². The summed E-state index contributed by atoms with van der Waals surface area (Å²) in [6.07, 6.45) is -9.64. The minimum Gasteiger partial charge on any atom is -0.478 e. The zero-order valence-corrected chi connectivity index (χ0v) is 28.4. The van der Waals surface area contributed by atoms with Gasteiger partial charge in [0.2, 0.25) is 0 Å². The molecular formula is C38H36F6N2O4. The maximum Gasteiger partial charge on any atom is 0.402 e. The van der Waals surface area contributed by atoms with Gasteiger partial charge in [-0.15, -0.1) is 0 Å². The van der Waals surface area contributed by atoms with Crippen LogP contribution < -0.4 is 10.6 Å². The van der Waals surface area contributed by atoms with Gasteiger partial charge < -0.3 is 15.7 Å². The van der Waals surface area contributed by atoms with Gasteiger partial charge >= 0.3 is 18.3 Å². The molecular weight excluding hydrogens is 662 g/mol. The number of carbonyl (C=O) groups excluding carboxylic acids is 2. The second kappa shape index (κ2) is 13.6. The highest BCUT2D eigenvalue weighted by molar-refractivity contribution is 6.11. The van der Waals surface area contributed by atoms with E-state index in [4.69, 9.17) is 0 Å². The number of benzene rings is 4. The SMILES string of the molecule is CNC(=O)c1cccc(C(C)(c2ccc(C(=O)O)c(C(=O)Nc3ccc(C(c4ccc(C)c(C)c4C)C(F)(F)F)c(C)c3C)c2)C(F)(F)F)c1. The number of hydrogen-bond donors (Lipinski definition) is 3. The van der Waals surface area contributed by atoms with E-state index < -0.39 is 58.2 Å². The van der Waals surface area contributed by atoms with Crippen molar-refractivity contribution in [2.45, 2.75) is 65.2 Å². The van der Waals surface area contributed by atoms with Gasteiger partial charge in [-0.3, -0.25) is 9.59 Å².